The summed E-state index contributed by atoms with van der Waals surface area (Å²) in [6.45, 7) is 0. The molecule has 2 nitrogen and oxygen atoms in total. The first kappa shape index (κ1) is 11.1. The lowest BCUT2D eigenvalue weighted by Gasteiger charge is -2.05. The summed E-state index contributed by atoms with van der Waals surface area (Å²) in [5, 5.41) is 1.71. The molecule has 0 saturated heterocycles. The predicted molar refractivity (Wildman–Crippen MR) is 76.6 cm³/mol. The Labute approximate surface area is 110 Å². The van der Waals surface area contributed by atoms with E-state index in [2.05, 4.69) is 23.2 Å². The van der Waals surface area contributed by atoms with Crippen molar-refractivity contribution in [2.75, 3.05) is 5.73 Å². The second-order valence-corrected chi connectivity index (χ2v) is 4.55. The lowest BCUT2D eigenvalue weighted by molar-refractivity contribution is 1.41. The molecule has 0 fully saturated rings. The lowest BCUT2D eigenvalue weighted by Crippen LogP contribution is -1.87. The lowest BCUT2D eigenvalue weighted by atomic mass is 10.0. The molecule has 3 aromatic rings. The van der Waals surface area contributed by atoms with Crippen LogP contribution in [0.15, 0.2) is 54.7 Å². The van der Waals surface area contributed by atoms with Crippen molar-refractivity contribution in [1.82, 2.24) is 4.98 Å². The number of aromatic nitrogens is 1. The monoisotopic (exact) mass is 254 g/mol. The molecule has 18 heavy (non-hydrogen) atoms. The van der Waals surface area contributed by atoms with Crippen molar-refractivity contribution < 1.29 is 0 Å². The van der Waals surface area contributed by atoms with Crippen molar-refractivity contribution >= 4 is 28.2 Å². The first-order chi connectivity index (χ1) is 8.74. The van der Waals surface area contributed by atoms with Crippen LogP contribution in [-0.4, -0.2) is 4.98 Å². The quantitative estimate of drug-likeness (QED) is 0.663. The number of nitrogen functional groups attached to an aromatic ring is 1. The molecule has 1 heterocycles. The molecule has 0 atom stereocenters. The SMILES string of the molecule is Nc1cc(-c2ccc3cccnc3c2)ccc1Cl. The molecule has 2 N–H and O–H groups in total. The number of nitrogens with zero attached hydrogens (tertiary/aromatic N) is 1. The van der Waals surface area contributed by atoms with E-state index in [0.717, 1.165) is 22.0 Å². The molecule has 0 aliphatic heterocycles. The van der Waals surface area contributed by atoms with Crippen LogP contribution in [0.3, 0.4) is 0 Å². The molecular weight excluding hydrogens is 244 g/mol. The highest BCUT2D eigenvalue weighted by Gasteiger charge is 2.02. The Morgan fingerprint density at radius 2 is 1.72 bits per heavy atom. The van der Waals surface area contributed by atoms with Crippen LogP contribution in [0, 0.1) is 0 Å². The summed E-state index contributed by atoms with van der Waals surface area (Å²) >= 11 is 5.93. The molecule has 88 valence electrons. The second kappa shape index (κ2) is 4.31. The topological polar surface area (TPSA) is 38.9 Å². The minimum atomic E-state index is 0.581. The Balaban J connectivity index is 2.16. The van der Waals surface area contributed by atoms with E-state index in [9.17, 15) is 0 Å². The largest absolute Gasteiger partial charge is 0.398 e. The molecule has 0 radical (unpaired) electrons. The molecule has 0 spiro atoms. The van der Waals surface area contributed by atoms with Gasteiger partial charge in [-0.05, 0) is 35.4 Å². The number of hydrogen-bond acceptors (Lipinski definition) is 2. The summed E-state index contributed by atoms with van der Waals surface area (Å²) in [6, 6.07) is 15.8. The third kappa shape index (κ3) is 1.91. The van der Waals surface area contributed by atoms with E-state index in [1.54, 1.807) is 6.20 Å². The number of rotatable bonds is 1. The van der Waals surface area contributed by atoms with E-state index in [1.165, 1.54) is 0 Å². The number of anilines is 1. The molecule has 3 rings (SSSR count). The number of fused-ring (bicyclic) bond motifs is 1. The van der Waals surface area contributed by atoms with Crippen LogP contribution in [0.25, 0.3) is 22.0 Å². The van der Waals surface area contributed by atoms with Crippen LogP contribution in [-0.2, 0) is 0 Å². The number of nitrogens with two attached hydrogens (primary N) is 1. The maximum Gasteiger partial charge on any atom is 0.0708 e. The molecule has 0 amide bonds. The van der Waals surface area contributed by atoms with Gasteiger partial charge in [0, 0.05) is 11.6 Å². The fourth-order valence-electron chi connectivity index (χ4n) is 1.97. The van der Waals surface area contributed by atoms with Crippen LogP contribution >= 0.6 is 11.6 Å². The summed E-state index contributed by atoms with van der Waals surface area (Å²) < 4.78 is 0. The van der Waals surface area contributed by atoms with E-state index < -0.39 is 0 Å². The van der Waals surface area contributed by atoms with E-state index in [4.69, 9.17) is 17.3 Å². The van der Waals surface area contributed by atoms with Gasteiger partial charge in [-0.3, -0.25) is 4.98 Å². The van der Waals surface area contributed by atoms with Crippen molar-refractivity contribution in [2.24, 2.45) is 0 Å². The van der Waals surface area contributed by atoms with Crippen LogP contribution < -0.4 is 5.73 Å². The summed E-state index contributed by atoms with van der Waals surface area (Å²) in [4.78, 5) is 4.35. The maximum absolute atomic E-state index is 5.93. The third-order valence-electron chi connectivity index (χ3n) is 2.94. The van der Waals surface area contributed by atoms with Crippen molar-refractivity contribution in [1.29, 1.82) is 0 Å². The number of halogens is 1. The average molecular weight is 255 g/mol. The van der Waals surface area contributed by atoms with Crippen LogP contribution in [0.4, 0.5) is 5.69 Å². The molecule has 0 aliphatic carbocycles. The van der Waals surface area contributed by atoms with E-state index in [-0.39, 0.29) is 0 Å². The average Bonchev–Trinajstić information content (AvgIpc) is 2.41. The number of pyridine rings is 1. The highest BCUT2D eigenvalue weighted by Crippen LogP contribution is 2.28. The smallest absolute Gasteiger partial charge is 0.0708 e. The van der Waals surface area contributed by atoms with Crippen molar-refractivity contribution in [3.63, 3.8) is 0 Å². The standard InChI is InChI=1S/C15H11ClN2/c16-13-6-5-11(8-14(13)17)12-4-3-10-2-1-7-18-15(10)9-12/h1-9H,17H2. The van der Waals surface area contributed by atoms with Gasteiger partial charge in [0.05, 0.1) is 16.2 Å². The molecule has 0 saturated carbocycles. The van der Waals surface area contributed by atoms with E-state index >= 15 is 0 Å². The fraction of sp³-hybridized carbons (Fsp3) is 0. The predicted octanol–water partition coefficient (Wildman–Crippen LogP) is 4.14. The fourth-order valence-corrected chi connectivity index (χ4v) is 2.09. The van der Waals surface area contributed by atoms with E-state index in [0.29, 0.717) is 10.7 Å². The number of benzene rings is 2. The Morgan fingerprint density at radius 1 is 0.944 bits per heavy atom. The Bertz CT molecular complexity index is 723. The van der Waals surface area contributed by atoms with Gasteiger partial charge in [-0.25, -0.2) is 0 Å². The zero-order chi connectivity index (χ0) is 12.5. The first-order valence-electron chi connectivity index (χ1n) is 5.64. The van der Waals surface area contributed by atoms with Crippen LogP contribution in [0.1, 0.15) is 0 Å². The highest BCUT2D eigenvalue weighted by molar-refractivity contribution is 6.33. The zero-order valence-corrected chi connectivity index (χ0v) is 10.4. The van der Waals surface area contributed by atoms with Gasteiger partial charge in [0.1, 0.15) is 0 Å². The highest BCUT2D eigenvalue weighted by atomic mass is 35.5. The Morgan fingerprint density at radius 3 is 2.56 bits per heavy atom. The van der Waals surface area contributed by atoms with Gasteiger partial charge in [0.25, 0.3) is 0 Å². The van der Waals surface area contributed by atoms with Gasteiger partial charge >= 0.3 is 0 Å². The molecular formula is C15H11ClN2. The third-order valence-corrected chi connectivity index (χ3v) is 3.28. The van der Waals surface area contributed by atoms with Crippen molar-refractivity contribution in [2.45, 2.75) is 0 Å². The maximum atomic E-state index is 5.93. The van der Waals surface area contributed by atoms with Gasteiger partial charge in [-0.1, -0.05) is 35.9 Å². The zero-order valence-electron chi connectivity index (χ0n) is 9.60. The van der Waals surface area contributed by atoms with Gasteiger partial charge in [0.15, 0.2) is 0 Å². The van der Waals surface area contributed by atoms with Crippen molar-refractivity contribution in [3.05, 3.63) is 59.8 Å². The molecule has 0 unspecified atom stereocenters. The molecule has 2 aromatic carbocycles. The minimum Gasteiger partial charge on any atom is -0.398 e. The second-order valence-electron chi connectivity index (χ2n) is 4.15. The Kier molecular flexibility index (Phi) is 2.65. The molecule has 0 aliphatic rings. The van der Waals surface area contributed by atoms with Crippen LogP contribution in [0.2, 0.25) is 5.02 Å². The minimum absolute atomic E-state index is 0.581. The van der Waals surface area contributed by atoms with Gasteiger partial charge < -0.3 is 5.73 Å². The van der Waals surface area contributed by atoms with Gasteiger partial charge in [0.2, 0.25) is 0 Å². The summed E-state index contributed by atoms with van der Waals surface area (Å²) in [6.07, 6.45) is 1.79. The molecule has 0 bridgehead atoms. The molecule has 3 heteroatoms. The number of hydrogen-bond donors (Lipinski definition) is 1. The Hall–Kier alpha value is -2.06. The summed E-state index contributed by atoms with van der Waals surface area (Å²) in [5.74, 6) is 0. The van der Waals surface area contributed by atoms with Crippen LogP contribution in [0.5, 0.6) is 0 Å². The van der Waals surface area contributed by atoms with Crippen molar-refractivity contribution in [3.8, 4) is 11.1 Å². The normalized spacial score (nSPS) is 10.7. The summed E-state index contributed by atoms with van der Waals surface area (Å²) in [5.41, 5.74) is 9.52. The summed E-state index contributed by atoms with van der Waals surface area (Å²) in [7, 11) is 0. The van der Waals surface area contributed by atoms with Gasteiger partial charge in [-0.15, -0.1) is 0 Å². The van der Waals surface area contributed by atoms with Gasteiger partial charge in [-0.2, -0.15) is 0 Å². The first-order valence-corrected chi connectivity index (χ1v) is 6.02. The van der Waals surface area contributed by atoms with E-state index in [1.807, 2.05) is 30.3 Å². The molecule has 1 aromatic heterocycles.